The van der Waals surface area contributed by atoms with Gasteiger partial charge < -0.3 is 14.2 Å². The van der Waals surface area contributed by atoms with Crippen LogP contribution in [0.3, 0.4) is 0 Å². The lowest BCUT2D eigenvalue weighted by molar-refractivity contribution is -0.141. The average Bonchev–Trinajstić information content (AvgIpc) is 2.61. The van der Waals surface area contributed by atoms with Crippen molar-refractivity contribution in [1.29, 1.82) is 0 Å². The Morgan fingerprint density at radius 1 is 1.23 bits per heavy atom. The highest BCUT2D eigenvalue weighted by atomic mass is 32.2. The fourth-order valence-electron chi connectivity index (χ4n) is 1.97. The number of hydrogen-bond donors (Lipinski definition) is 0. The Kier molecular flexibility index (Phi) is 7.06. The number of thioether (sulfide) groups is 1. The van der Waals surface area contributed by atoms with Crippen molar-refractivity contribution in [3.63, 3.8) is 0 Å². The molecule has 142 valence electrons. The van der Waals surface area contributed by atoms with E-state index in [4.69, 9.17) is 14.2 Å². The van der Waals surface area contributed by atoms with Gasteiger partial charge in [0, 0.05) is 43.3 Å². The third-order valence-electron chi connectivity index (χ3n) is 3.15. The summed E-state index contributed by atoms with van der Waals surface area (Å²) < 4.78 is 54.0. The van der Waals surface area contributed by atoms with Crippen LogP contribution in [-0.2, 0) is 28.1 Å². The van der Waals surface area contributed by atoms with E-state index in [2.05, 4.69) is 4.98 Å². The highest BCUT2D eigenvalue weighted by Crippen LogP contribution is 2.29. The lowest BCUT2D eigenvalue weighted by atomic mass is 10.3. The molecule has 0 aliphatic carbocycles. The number of alkyl halides is 3. The first-order valence-corrected chi connectivity index (χ1v) is 8.33. The maximum Gasteiger partial charge on any atom is 0.433 e. The standard InChI is InChI=1S/C16H17F3N2O4S/c1-23-9-21-7-12(5-13(15(21)22)25-10-24-2)26-8-11-3-4-14(20-6-11)16(17,18)19/h3-7H,8-10H2,1-2H3. The minimum atomic E-state index is -4.46. The molecule has 0 N–H and O–H groups in total. The smallest absolute Gasteiger partial charge is 0.433 e. The Morgan fingerprint density at radius 3 is 2.58 bits per heavy atom. The van der Waals surface area contributed by atoms with Crippen LogP contribution in [0.4, 0.5) is 13.2 Å². The van der Waals surface area contributed by atoms with Gasteiger partial charge in [-0.15, -0.1) is 11.8 Å². The first-order valence-electron chi connectivity index (χ1n) is 7.35. The molecule has 6 nitrogen and oxygen atoms in total. The molecule has 2 aromatic rings. The van der Waals surface area contributed by atoms with Gasteiger partial charge in [0.05, 0.1) is 0 Å². The molecule has 0 aromatic carbocycles. The summed E-state index contributed by atoms with van der Waals surface area (Å²) >= 11 is 1.33. The van der Waals surface area contributed by atoms with Crippen molar-refractivity contribution in [3.05, 3.63) is 52.2 Å². The van der Waals surface area contributed by atoms with Gasteiger partial charge in [-0.25, -0.2) is 0 Å². The van der Waals surface area contributed by atoms with Crippen molar-refractivity contribution in [3.8, 4) is 5.75 Å². The molecule has 0 amide bonds. The van der Waals surface area contributed by atoms with Crippen molar-refractivity contribution in [2.75, 3.05) is 21.0 Å². The summed E-state index contributed by atoms with van der Waals surface area (Å²) in [5.74, 6) is 0.472. The van der Waals surface area contributed by atoms with Crippen LogP contribution in [0.25, 0.3) is 0 Å². The summed E-state index contributed by atoms with van der Waals surface area (Å²) in [5.41, 5.74) is -0.688. The quantitative estimate of drug-likeness (QED) is 0.510. The minimum Gasteiger partial charge on any atom is -0.462 e. The SMILES string of the molecule is COCOc1cc(SCc2ccc(C(F)(F)F)nc2)cn(COC)c1=O. The van der Waals surface area contributed by atoms with E-state index in [0.29, 0.717) is 16.2 Å². The summed E-state index contributed by atoms with van der Waals surface area (Å²) in [6.45, 7) is -0.0441. The number of hydrogen-bond acceptors (Lipinski definition) is 6. The van der Waals surface area contributed by atoms with Crippen LogP contribution in [0.15, 0.2) is 40.3 Å². The van der Waals surface area contributed by atoms with Gasteiger partial charge in [-0.05, 0) is 11.6 Å². The number of rotatable bonds is 8. The van der Waals surface area contributed by atoms with E-state index in [1.165, 1.54) is 42.8 Å². The third kappa shape index (κ3) is 5.48. The number of pyridine rings is 2. The molecule has 2 rings (SSSR count). The molecule has 0 atom stereocenters. The van der Waals surface area contributed by atoms with Crippen LogP contribution >= 0.6 is 11.8 Å². The minimum absolute atomic E-state index is 0.0401. The summed E-state index contributed by atoms with van der Waals surface area (Å²) in [6, 6.07) is 3.86. The molecular formula is C16H17F3N2O4S. The molecule has 0 spiro atoms. The van der Waals surface area contributed by atoms with Gasteiger partial charge in [0.25, 0.3) is 5.56 Å². The van der Waals surface area contributed by atoms with E-state index < -0.39 is 11.9 Å². The lowest BCUT2D eigenvalue weighted by Crippen LogP contribution is -2.23. The number of halogens is 3. The monoisotopic (exact) mass is 390 g/mol. The summed E-state index contributed by atoms with van der Waals surface area (Å²) in [5, 5.41) is 0. The Hall–Kier alpha value is -2.04. The van der Waals surface area contributed by atoms with Gasteiger partial charge in [0.15, 0.2) is 12.5 Å². The molecule has 0 aliphatic heterocycles. The molecule has 26 heavy (non-hydrogen) atoms. The van der Waals surface area contributed by atoms with Crippen LogP contribution in [0.5, 0.6) is 5.75 Å². The Labute approximate surface area is 151 Å². The van der Waals surface area contributed by atoms with Crippen molar-refractivity contribution >= 4 is 11.8 Å². The Bertz CT molecular complexity index is 779. The van der Waals surface area contributed by atoms with Crippen LogP contribution in [0, 0.1) is 0 Å². The van der Waals surface area contributed by atoms with Crippen LogP contribution in [0.1, 0.15) is 11.3 Å². The summed E-state index contributed by atoms with van der Waals surface area (Å²) in [4.78, 5) is 16.3. The van der Waals surface area contributed by atoms with Crippen molar-refractivity contribution < 1.29 is 27.4 Å². The second-order valence-corrected chi connectivity index (χ2v) is 6.17. The average molecular weight is 390 g/mol. The normalized spacial score (nSPS) is 11.6. The number of aromatic nitrogens is 2. The molecular weight excluding hydrogens is 373 g/mol. The summed E-state index contributed by atoms with van der Waals surface area (Å²) in [6.07, 6.45) is -1.69. The van der Waals surface area contributed by atoms with Gasteiger partial charge in [-0.1, -0.05) is 6.07 Å². The topological polar surface area (TPSA) is 62.6 Å². The van der Waals surface area contributed by atoms with E-state index in [1.54, 1.807) is 12.3 Å². The molecule has 0 saturated heterocycles. The first-order chi connectivity index (χ1) is 12.3. The van der Waals surface area contributed by atoms with Crippen molar-refractivity contribution in [2.45, 2.75) is 23.6 Å². The lowest BCUT2D eigenvalue weighted by Gasteiger charge is -2.12. The predicted molar refractivity (Wildman–Crippen MR) is 89.0 cm³/mol. The molecule has 2 heterocycles. The van der Waals surface area contributed by atoms with Gasteiger partial charge in [-0.3, -0.25) is 14.3 Å². The van der Waals surface area contributed by atoms with E-state index in [9.17, 15) is 18.0 Å². The van der Waals surface area contributed by atoms with Gasteiger partial charge in [-0.2, -0.15) is 13.2 Å². The highest BCUT2D eigenvalue weighted by Gasteiger charge is 2.31. The molecule has 2 aromatic heterocycles. The number of methoxy groups -OCH3 is 2. The van der Waals surface area contributed by atoms with Gasteiger partial charge in [0.2, 0.25) is 0 Å². The first kappa shape index (κ1) is 20.3. The Balaban J connectivity index is 2.15. The highest BCUT2D eigenvalue weighted by molar-refractivity contribution is 7.98. The van der Waals surface area contributed by atoms with E-state index in [1.807, 2.05) is 0 Å². The molecule has 0 unspecified atom stereocenters. The van der Waals surface area contributed by atoms with Crippen molar-refractivity contribution in [2.24, 2.45) is 0 Å². The molecule has 0 radical (unpaired) electrons. The Morgan fingerprint density at radius 2 is 2.00 bits per heavy atom. The second kappa shape index (κ2) is 9.06. The zero-order valence-electron chi connectivity index (χ0n) is 14.1. The number of ether oxygens (including phenoxy) is 3. The maximum absolute atomic E-state index is 12.5. The maximum atomic E-state index is 12.5. The molecule has 0 bridgehead atoms. The fourth-order valence-corrected chi connectivity index (χ4v) is 2.86. The van der Waals surface area contributed by atoms with E-state index in [0.717, 1.165) is 6.07 Å². The largest absolute Gasteiger partial charge is 0.462 e. The molecule has 0 fully saturated rings. The zero-order valence-corrected chi connectivity index (χ0v) is 14.9. The zero-order chi connectivity index (χ0) is 19.2. The van der Waals surface area contributed by atoms with Crippen molar-refractivity contribution in [1.82, 2.24) is 9.55 Å². The van der Waals surface area contributed by atoms with E-state index in [-0.39, 0.29) is 24.8 Å². The predicted octanol–water partition coefficient (Wildman–Crippen LogP) is 3.14. The molecule has 0 aliphatic rings. The van der Waals surface area contributed by atoms with Crippen LogP contribution in [-0.4, -0.2) is 30.6 Å². The van der Waals surface area contributed by atoms with Gasteiger partial charge >= 0.3 is 6.18 Å². The molecule has 10 heteroatoms. The van der Waals surface area contributed by atoms with Gasteiger partial charge in [0.1, 0.15) is 12.4 Å². The fraction of sp³-hybridized carbons (Fsp3) is 0.375. The summed E-state index contributed by atoms with van der Waals surface area (Å²) in [7, 11) is 2.89. The van der Waals surface area contributed by atoms with E-state index >= 15 is 0 Å². The molecule has 0 saturated carbocycles. The second-order valence-electron chi connectivity index (χ2n) is 5.12. The third-order valence-corrected chi connectivity index (χ3v) is 4.18. The number of nitrogens with zero attached hydrogens (tertiary/aromatic N) is 2. The van der Waals surface area contributed by atoms with Crippen LogP contribution in [0.2, 0.25) is 0 Å². The van der Waals surface area contributed by atoms with Crippen LogP contribution < -0.4 is 10.3 Å².